The Kier molecular flexibility index (Phi) is 4.98. The lowest BCUT2D eigenvalue weighted by Gasteiger charge is -2.28. The second kappa shape index (κ2) is 7.72. The maximum absolute atomic E-state index is 12.3. The van der Waals surface area contributed by atoms with Gasteiger partial charge in [0.25, 0.3) is 5.91 Å². The summed E-state index contributed by atoms with van der Waals surface area (Å²) in [7, 11) is 0. The lowest BCUT2D eigenvalue weighted by Crippen LogP contribution is -2.34. The standard InChI is InChI=1S/C23H22N2O3/c1-2-25-21-11-9-19(13-18(21)8-12-23(25)27)24-22(26)15-28-20-10-7-16-5-3-4-6-17(16)14-20/h3-7,9-11,13-14H,2,8,12,15H2,1H3,(H,24,26). The van der Waals surface area contributed by atoms with Crippen LogP contribution in [0, 0.1) is 0 Å². The van der Waals surface area contributed by atoms with Gasteiger partial charge in [0.1, 0.15) is 5.75 Å². The van der Waals surface area contributed by atoms with E-state index in [9.17, 15) is 9.59 Å². The molecule has 0 aromatic heterocycles. The molecule has 0 saturated heterocycles. The van der Waals surface area contributed by atoms with Gasteiger partial charge in [0.2, 0.25) is 5.91 Å². The minimum absolute atomic E-state index is 0.0605. The van der Waals surface area contributed by atoms with Crippen molar-refractivity contribution < 1.29 is 14.3 Å². The summed E-state index contributed by atoms with van der Waals surface area (Å²) in [4.78, 5) is 26.1. The minimum atomic E-state index is -0.215. The van der Waals surface area contributed by atoms with Crippen LogP contribution in [0.3, 0.4) is 0 Å². The molecule has 0 saturated carbocycles. The first-order valence-electron chi connectivity index (χ1n) is 9.49. The highest BCUT2D eigenvalue weighted by Crippen LogP contribution is 2.30. The molecule has 1 heterocycles. The molecule has 0 radical (unpaired) electrons. The Morgan fingerprint density at radius 3 is 2.68 bits per heavy atom. The summed E-state index contributed by atoms with van der Waals surface area (Å²) in [6.45, 7) is 2.55. The van der Waals surface area contributed by atoms with Crippen molar-refractivity contribution in [2.24, 2.45) is 0 Å². The van der Waals surface area contributed by atoms with Gasteiger partial charge in [-0.2, -0.15) is 0 Å². The third kappa shape index (κ3) is 3.69. The van der Waals surface area contributed by atoms with Gasteiger partial charge in [-0.15, -0.1) is 0 Å². The van der Waals surface area contributed by atoms with E-state index in [1.807, 2.05) is 67.6 Å². The van der Waals surface area contributed by atoms with Crippen LogP contribution in [0.1, 0.15) is 18.9 Å². The molecular weight excluding hydrogens is 352 g/mol. The zero-order valence-corrected chi connectivity index (χ0v) is 15.8. The van der Waals surface area contributed by atoms with Crippen molar-refractivity contribution in [3.05, 3.63) is 66.2 Å². The Balaban J connectivity index is 1.40. The molecule has 1 aliphatic rings. The van der Waals surface area contributed by atoms with E-state index in [2.05, 4.69) is 5.32 Å². The Morgan fingerprint density at radius 1 is 1.04 bits per heavy atom. The summed E-state index contributed by atoms with van der Waals surface area (Å²) in [5, 5.41) is 5.08. The Labute approximate surface area is 163 Å². The summed E-state index contributed by atoms with van der Waals surface area (Å²) < 4.78 is 5.64. The zero-order valence-electron chi connectivity index (χ0n) is 15.8. The van der Waals surface area contributed by atoms with Crippen LogP contribution in [0.5, 0.6) is 5.75 Å². The highest BCUT2D eigenvalue weighted by molar-refractivity contribution is 5.97. The van der Waals surface area contributed by atoms with Gasteiger partial charge in [-0.1, -0.05) is 30.3 Å². The molecule has 5 heteroatoms. The van der Waals surface area contributed by atoms with Gasteiger partial charge in [0.15, 0.2) is 6.61 Å². The number of carbonyl (C=O) groups excluding carboxylic acids is 2. The van der Waals surface area contributed by atoms with E-state index in [1.54, 1.807) is 4.90 Å². The normalized spacial score (nSPS) is 13.3. The number of nitrogens with zero attached hydrogens (tertiary/aromatic N) is 1. The molecule has 28 heavy (non-hydrogen) atoms. The molecule has 1 N–H and O–H groups in total. The van der Waals surface area contributed by atoms with E-state index in [-0.39, 0.29) is 18.4 Å². The van der Waals surface area contributed by atoms with E-state index in [1.165, 1.54) is 0 Å². The summed E-state index contributed by atoms with van der Waals surface area (Å²) in [6, 6.07) is 19.5. The number of nitrogens with one attached hydrogen (secondary N) is 1. The van der Waals surface area contributed by atoms with Crippen LogP contribution in [0.25, 0.3) is 10.8 Å². The number of aryl methyl sites for hydroxylation is 1. The third-order valence-electron chi connectivity index (χ3n) is 4.97. The molecule has 3 aromatic carbocycles. The first kappa shape index (κ1) is 18.0. The van der Waals surface area contributed by atoms with Crippen LogP contribution in [0.15, 0.2) is 60.7 Å². The summed E-state index contributed by atoms with van der Waals surface area (Å²) >= 11 is 0. The molecule has 0 spiro atoms. The Bertz CT molecular complexity index is 1040. The second-order valence-electron chi connectivity index (χ2n) is 6.83. The quantitative estimate of drug-likeness (QED) is 0.730. The lowest BCUT2D eigenvalue weighted by molar-refractivity contribution is -0.119. The zero-order chi connectivity index (χ0) is 19.5. The smallest absolute Gasteiger partial charge is 0.262 e. The molecule has 2 amide bonds. The van der Waals surface area contributed by atoms with Gasteiger partial charge in [0.05, 0.1) is 0 Å². The largest absolute Gasteiger partial charge is 0.484 e. The molecule has 0 atom stereocenters. The van der Waals surface area contributed by atoms with Crippen molar-refractivity contribution in [1.29, 1.82) is 0 Å². The number of benzene rings is 3. The van der Waals surface area contributed by atoms with E-state index < -0.39 is 0 Å². The maximum atomic E-state index is 12.3. The van der Waals surface area contributed by atoms with Gasteiger partial charge in [-0.25, -0.2) is 0 Å². The SMILES string of the molecule is CCN1C(=O)CCc2cc(NC(=O)COc3ccc4ccccc4c3)ccc21. The molecule has 5 nitrogen and oxygen atoms in total. The number of anilines is 2. The molecule has 142 valence electrons. The van der Waals surface area contributed by atoms with Crippen LogP contribution in [-0.4, -0.2) is 25.0 Å². The van der Waals surface area contributed by atoms with Crippen LogP contribution in [-0.2, 0) is 16.0 Å². The maximum Gasteiger partial charge on any atom is 0.262 e. The highest BCUT2D eigenvalue weighted by Gasteiger charge is 2.22. The average Bonchev–Trinajstić information content (AvgIpc) is 2.72. The number of hydrogen-bond donors (Lipinski definition) is 1. The number of carbonyl (C=O) groups is 2. The molecule has 0 unspecified atom stereocenters. The molecule has 0 aliphatic carbocycles. The lowest BCUT2D eigenvalue weighted by atomic mass is 10.0. The Hall–Kier alpha value is -3.34. The molecule has 4 rings (SSSR count). The van der Waals surface area contributed by atoms with Crippen LogP contribution in [0.4, 0.5) is 11.4 Å². The van der Waals surface area contributed by atoms with Crippen molar-refractivity contribution in [2.45, 2.75) is 19.8 Å². The summed E-state index contributed by atoms with van der Waals surface area (Å²) in [6.07, 6.45) is 1.20. The number of rotatable bonds is 5. The van der Waals surface area contributed by atoms with Crippen molar-refractivity contribution in [2.75, 3.05) is 23.4 Å². The molecule has 1 aliphatic heterocycles. The number of amides is 2. The van der Waals surface area contributed by atoms with Gasteiger partial charge in [0, 0.05) is 24.3 Å². The monoisotopic (exact) mass is 374 g/mol. The fourth-order valence-electron chi connectivity index (χ4n) is 3.59. The minimum Gasteiger partial charge on any atom is -0.484 e. The summed E-state index contributed by atoms with van der Waals surface area (Å²) in [5.41, 5.74) is 2.73. The third-order valence-corrected chi connectivity index (χ3v) is 4.97. The van der Waals surface area contributed by atoms with Crippen LogP contribution < -0.4 is 15.0 Å². The average molecular weight is 374 g/mol. The number of hydrogen-bond acceptors (Lipinski definition) is 3. The molecular formula is C23H22N2O3. The molecule has 0 bridgehead atoms. The van der Waals surface area contributed by atoms with Crippen LogP contribution >= 0.6 is 0 Å². The van der Waals surface area contributed by atoms with E-state index in [4.69, 9.17) is 4.74 Å². The second-order valence-corrected chi connectivity index (χ2v) is 6.83. The first-order valence-corrected chi connectivity index (χ1v) is 9.49. The fourth-order valence-corrected chi connectivity index (χ4v) is 3.59. The number of ether oxygens (including phenoxy) is 1. The van der Waals surface area contributed by atoms with Crippen molar-refractivity contribution in [3.63, 3.8) is 0 Å². The highest BCUT2D eigenvalue weighted by atomic mass is 16.5. The molecule has 3 aromatic rings. The van der Waals surface area contributed by atoms with Crippen molar-refractivity contribution >= 4 is 34.0 Å². The van der Waals surface area contributed by atoms with Gasteiger partial charge in [-0.05, 0) is 60.0 Å². The van der Waals surface area contributed by atoms with Gasteiger partial charge in [-0.3, -0.25) is 9.59 Å². The van der Waals surface area contributed by atoms with Crippen LogP contribution in [0.2, 0.25) is 0 Å². The first-order chi connectivity index (χ1) is 13.6. The van der Waals surface area contributed by atoms with Crippen molar-refractivity contribution in [1.82, 2.24) is 0 Å². The molecule has 0 fully saturated rings. The fraction of sp³-hybridized carbons (Fsp3) is 0.217. The topological polar surface area (TPSA) is 58.6 Å². The van der Waals surface area contributed by atoms with E-state index in [0.717, 1.165) is 27.7 Å². The predicted molar refractivity (Wildman–Crippen MR) is 111 cm³/mol. The van der Waals surface area contributed by atoms with Gasteiger partial charge < -0.3 is 15.0 Å². The predicted octanol–water partition coefficient (Wildman–Crippen LogP) is 4.16. The van der Waals surface area contributed by atoms with E-state index >= 15 is 0 Å². The van der Waals surface area contributed by atoms with E-state index in [0.29, 0.717) is 25.1 Å². The van der Waals surface area contributed by atoms with Crippen molar-refractivity contribution in [3.8, 4) is 5.75 Å². The number of fused-ring (bicyclic) bond motifs is 2. The summed E-state index contributed by atoms with van der Waals surface area (Å²) in [5.74, 6) is 0.597. The van der Waals surface area contributed by atoms with Gasteiger partial charge >= 0.3 is 0 Å². The Morgan fingerprint density at radius 2 is 1.86 bits per heavy atom.